The monoisotopic (exact) mass is 219 g/mol. The van der Waals surface area contributed by atoms with Gasteiger partial charge in [-0.3, -0.25) is 0 Å². The van der Waals surface area contributed by atoms with Crippen molar-refractivity contribution in [3.63, 3.8) is 0 Å². The Bertz CT molecular complexity index is 349. The van der Waals surface area contributed by atoms with Crippen LogP contribution in [0.15, 0.2) is 18.2 Å². The maximum absolute atomic E-state index is 5.25. The predicted molar refractivity (Wildman–Crippen MR) is 68.0 cm³/mol. The standard InChI is InChI=1S/C14H21NO/c1-11(16-2)10-15-14-9-5-7-12-6-3-4-8-13(12)14/h5,7,9,11,15H,3-4,6,8,10H2,1-2H3. The van der Waals surface area contributed by atoms with Crippen LogP contribution < -0.4 is 5.32 Å². The maximum atomic E-state index is 5.25. The van der Waals surface area contributed by atoms with Crippen molar-refractivity contribution in [2.75, 3.05) is 19.0 Å². The van der Waals surface area contributed by atoms with E-state index < -0.39 is 0 Å². The second-order valence-corrected chi connectivity index (χ2v) is 4.58. The Kier molecular flexibility index (Phi) is 3.83. The van der Waals surface area contributed by atoms with Gasteiger partial charge in [0.05, 0.1) is 6.10 Å². The lowest BCUT2D eigenvalue weighted by atomic mass is 9.90. The Morgan fingerprint density at radius 2 is 2.12 bits per heavy atom. The highest BCUT2D eigenvalue weighted by molar-refractivity contribution is 5.55. The first kappa shape index (κ1) is 11.5. The Balaban J connectivity index is 2.08. The summed E-state index contributed by atoms with van der Waals surface area (Å²) in [6, 6.07) is 6.61. The maximum Gasteiger partial charge on any atom is 0.0715 e. The molecule has 1 aliphatic rings. The number of methoxy groups -OCH3 is 1. The summed E-state index contributed by atoms with van der Waals surface area (Å²) in [7, 11) is 1.76. The first-order valence-corrected chi connectivity index (χ1v) is 6.18. The Labute approximate surface area is 98.0 Å². The zero-order valence-corrected chi connectivity index (χ0v) is 10.3. The molecule has 1 unspecified atom stereocenters. The van der Waals surface area contributed by atoms with Crippen molar-refractivity contribution in [3.8, 4) is 0 Å². The summed E-state index contributed by atoms with van der Waals surface area (Å²) in [5, 5.41) is 3.50. The van der Waals surface area contributed by atoms with Crippen LogP contribution in [0.5, 0.6) is 0 Å². The third kappa shape index (κ3) is 2.56. The van der Waals surface area contributed by atoms with Crippen LogP contribution in [0.1, 0.15) is 30.9 Å². The molecule has 0 saturated heterocycles. The molecule has 1 N–H and O–H groups in total. The van der Waals surface area contributed by atoms with E-state index in [1.54, 1.807) is 7.11 Å². The molecule has 0 amide bonds. The second kappa shape index (κ2) is 5.35. The molecule has 0 aromatic heterocycles. The number of aryl methyl sites for hydroxylation is 1. The molecule has 0 bridgehead atoms. The van der Waals surface area contributed by atoms with E-state index in [9.17, 15) is 0 Å². The van der Waals surface area contributed by atoms with Crippen LogP contribution in [0.25, 0.3) is 0 Å². The van der Waals surface area contributed by atoms with Gasteiger partial charge in [0, 0.05) is 19.3 Å². The summed E-state index contributed by atoms with van der Waals surface area (Å²) in [6.45, 7) is 2.97. The Morgan fingerprint density at radius 1 is 1.31 bits per heavy atom. The van der Waals surface area contributed by atoms with Gasteiger partial charge in [0.15, 0.2) is 0 Å². The van der Waals surface area contributed by atoms with E-state index in [-0.39, 0.29) is 6.10 Å². The zero-order valence-electron chi connectivity index (χ0n) is 10.3. The van der Waals surface area contributed by atoms with Crippen molar-refractivity contribution in [3.05, 3.63) is 29.3 Å². The second-order valence-electron chi connectivity index (χ2n) is 4.58. The van der Waals surface area contributed by atoms with Gasteiger partial charge in [0.25, 0.3) is 0 Å². The normalized spacial score (nSPS) is 16.6. The van der Waals surface area contributed by atoms with Gasteiger partial charge in [0.1, 0.15) is 0 Å². The summed E-state index contributed by atoms with van der Waals surface area (Å²) in [5.41, 5.74) is 4.36. The lowest BCUT2D eigenvalue weighted by Gasteiger charge is -2.21. The molecule has 1 aromatic carbocycles. The molecule has 0 saturated carbocycles. The molecule has 2 rings (SSSR count). The van der Waals surface area contributed by atoms with Gasteiger partial charge in [0.2, 0.25) is 0 Å². The fraction of sp³-hybridized carbons (Fsp3) is 0.571. The fourth-order valence-corrected chi connectivity index (χ4v) is 2.28. The third-order valence-electron chi connectivity index (χ3n) is 3.38. The van der Waals surface area contributed by atoms with Crippen LogP contribution >= 0.6 is 0 Å². The van der Waals surface area contributed by atoms with E-state index in [0.29, 0.717) is 0 Å². The van der Waals surface area contributed by atoms with Crippen molar-refractivity contribution >= 4 is 5.69 Å². The molecule has 0 spiro atoms. The van der Waals surface area contributed by atoms with Gasteiger partial charge in [-0.1, -0.05) is 12.1 Å². The molecule has 2 heteroatoms. The molecule has 0 radical (unpaired) electrons. The molecule has 2 nitrogen and oxygen atoms in total. The lowest BCUT2D eigenvalue weighted by Crippen LogP contribution is -2.19. The van der Waals surface area contributed by atoms with Crippen LogP contribution in [0, 0.1) is 0 Å². The summed E-state index contributed by atoms with van der Waals surface area (Å²) in [6.07, 6.45) is 5.39. The number of nitrogens with one attached hydrogen (secondary N) is 1. The fourth-order valence-electron chi connectivity index (χ4n) is 2.28. The minimum atomic E-state index is 0.263. The summed E-state index contributed by atoms with van der Waals surface area (Å²) in [4.78, 5) is 0. The van der Waals surface area contributed by atoms with Gasteiger partial charge >= 0.3 is 0 Å². The van der Waals surface area contributed by atoms with Gasteiger partial charge in [-0.05, 0) is 49.8 Å². The SMILES string of the molecule is COC(C)CNc1cccc2c1CCCC2. The smallest absolute Gasteiger partial charge is 0.0715 e. The van der Waals surface area contributed by atoms with E-state index in [4.69, 9.17) is 4.74 Å². The first-order valence-electron chi connectivity index (χ1n) is 6.18. The molecule has 88 valence electrons. The van der Waals surface area contributed by atoms with Crippen molar-refractivity contribution in [2.24, 2.45) is 0 Å². The quantitative estimate of drug-likeness (QED) is 0.840. The van der Waals surface area contributed by atoms with Crippen molar-refractivity contribution in [1.29, 1.82) is 0 Å². The summed E-state index contributed by atoms with van der Waals surface area (Å²) < 4.78 is 5.25. The zero-order chi connectivity index (χ0) is 11.4. The van der Waals surface area contributed by atoms with Crippen molar-refractivity contribution in [1.82, 2.24) is 0 Å². The van der Waals surface area contributed by atoms with E-state index in [1.807, 2.05) is 0 Å². The van der Waals surface area contributed by atoms with Gasteiger partial charge in [-0.2, -0.15) is 0 Å². The molecule has 0 aliphatic heterocycles. The molecule has 1 aromatic rings. The summed E-state index contributed by atoms with van der Waals surface area (Å²) >= 11 is 0. The highest BCUT2D eigenvalue weighted by atomic mass is 16.5. The van der Waals surface area contributed by atoms with Gasteiger partial charge in [-0.15, -0.1) is 0 Å². The van der Waals surface area contributed by atoms with Crippen molar-refractivity contribution in [2.45, 2.75) is 38.7 Å². The number of hydrogen-bond donors (Lipinski definition) is 1. The topological polar surface area (TPSA) is 21.3 Å². The predicted octanol–water partition coefficient (Wildman–Crippen LogP) is 3.01. The van der Waals surface area contributed by atoms with E-state index in [1.165, 1.54) is 42.5 Å². The van der Waals surface area contributed by atoms with E-state index in [2.05, 4.69) is 30.4 Å². The number of benzene rings is 1. The Morgan fingerprint density at radius 3 is 2.94 bits per heavy atom. The molecular weight excluding hydrogens is 198 g/mol. The molecule has 1 aliphatic carbocycles. The highest BCUT2D eigenvalue weighted by Crippen LogP contribution is 2.27. The van der Waals surface area contributed by atoms with Crippen LogP contribution in [0.4, 0.5) is 5.69 Å². The van der Waals surface area contributed by atoms with E-state index in [0.717, 1.165) is 6.54 Å². The minimum absolute atomic E-state index is 0.263. The van der Waals surface area contributed by atoms with Crippen LogP contribution in [0.3, 0.4) is 0 Å². The van der Waals surface area contributed by atoms with Gasteiger partial charge < -0.3 is 10.1 Å². The number of anilines is 1. The number of hydrogen-bond acceptors (Lipinski definition) is 2. The third-order valence-corrected chi connectivity index (χ3v) is 3.38. The average molecular weight is 219 g/mol. The van der Waals surface area contributed by atoms with Crippen LogP contribution in [0.2, 0.25) is 0 Å². The summed E-state index contributed by atoms with van der Waals surface area (Å²) in [5.74, 6) is 0. The lowest BCUT2D eigenvalue weighted by molar-refractivity contribution is 0.129. The number of rotatable bonds is 4. The number of fused-ring (bicyclic) bond motifs is 1. The average Bonchev–Trinajstić information content (AvgIpc) is 2.35. The first-order chi connectivity index (χ1) is 7.81. The molecular formula is C14H21NO. The van der Waals surface area contributed by atoms with Crippen LogP contribution in [-0.2, 0) is 17.6 Å². The highest BCUT2D eigenvalue weighted by Gasteiger charge is 2.12. The molecule has 16 heavy (non-hydrogen) atoms. The molecule has 0 heterocycles. The largest absolute Gasteiger partial charge is 0.382 e. The van der Waals surface area contributed by atoms with Gasteiger partial charge in [-0.25, -0.2) is 0 Å². The Hall–Kier alpha value is -1.02. The number of ether oxygens (including phenoxy) is 1. The van der Waals surface area contributed by atoms with E-state index >= 15 is 0 Å². The van der Waals surface area contributed by atoms with Crippen molar-refractivity contribution < 1.29 is 4.74 Å². The molecule has 1 atom stereocenters. The minimum Gasteiger partial charge on any atom is -0.382 e. The molecule has 0 fully saturated rings. The van der Waals surface area contributed by atoms with Crippen LogP contribution in [-0.4, -0.2) is 19.8 Å².